The third-order valence-electron chi connectivity index (χ3n) is 5.61. The van der Waals surface area contributed by atoms with E-state index in [9.17, 15) is 0 Å². The van der Waals surface area contributed by atoms with Gasteiger partial charge in [-0.1, -0.05) is 12.1 Å². The summed E-state index contributed by atoms with van der Waals surface area (Å²) >= 11 is 0. The van der Waals surface area contributed by atoms with E-state index in [4.69, 9.17) is 18.8 Å². The Balaban J connectivity index is 1.72. The number of rotatable bonds is 5. The van der Waals surface area contributed by atoms with Crippen LogP contribution in [0.3, 0.4) is 0 Å². The molecule has 1 aromatic carbocycles. The van der Waals surface area contributed by atoms with Crippen LogP contribution in [0.4, 0.5) is 0 Å². The average molecular weight is 395 g/mol. The lowest BCUT2D eigenvalue weighted by atomic mass is 9.78. The van der Waals surface area contributed by atoms with E-state index in [0.29, 0.717) is 5.75 Å². The van der Waals surface area contributed by atoms with Crippen LogP contribution in [0.5, 0.6) is 5.75 Å². The molecule has 0 saturated carbocycles. The molecule has 1 saturated heterocycles. The van der Waals surface area contributed by atoms with Gasteiger partial charge in [0.2, 0.25) is 0 Å². The number of methoxy groups -OCH3 is 1. The van der Waals surface area contributed by atoms with E-state index >= 15 is 0 Å². The molecule has 152 valence electrons. The summed E-state index contributed by atoms with van der Waals surface area (Å²) in [5.41, 5.74) is 3.47. The van der Waals surface area contributed by atoms with E-state index in [2.05, 4.69) is 9.97 Å². The Morgan fingerprint density at radius 3 is 2.52 bits per heavy atom. The average Bonchev–Trinajstić information content (AvgIpc) is 3.13. The normalized spacial score (nSPS) is 17.8. The van der Waals surface area contributed by atoms with Crippen LogP contribution in [0.15, 0.2) is 36.8 Å². The van der Waals surface area contributed by atoms with Crippen molar-refractivity contribution in [2.75, 3.05) is 13.9 Å². The Hall–Kier alpha value is -2.42. The summed E-state index contributed by atoms with van der Waals surface area (Å²) in [6, 6.07) is 5.91. The van der Waals surface area contributed by atoms with Crippen molar-refractivity contribution in [2.45, 2.75) is 45.8 Å². The highest BCUT2D eigenvalue weighted by Crippen LogP contribution is 2.37. The van der Waals surface area contributed by atoms with Crippen LogP contribution in [0.25, 0.3) is 16.9 Å². The number of nitrogens with zero attached hydrogens (tertiary/aromatic N) is 3. The number of imidazole rings is 1. The summed E-state index contributed by atoms with van der Waals surface area (Å²) in [6.45, 7) is 10.2. The summed E-state index contributed by atoms with van der Waals surface area (Å²) in [6.07, 6.45) is 5.70. The maximum atomic E-state index is 6.21. The van der Waals surface area contributed by atoms with Gasteiger partial charge in [0.25, 0.3) is 0 Å². The Morgan fingerprint density at radius 1 is 1.10 bits per heavy atom. The highest BCUT2D eigenvalue weighted by atomic mass is 16.7. The second-order valence-electron chi connectivity index (χ2n) is 8.31. The van der Waals surface area contributed by atoms with E-state index in [1.807, 2.05) is 69.6 Å². The molecule has 3 heterocycles. The SMILES string of the molecule is COCOc1cc(-c2cn3cc(C)nc3cn2)ccc1B1OC(C)(C)C(C)(C)O1. The summed E-state index contributed by atoms with van der Waals surface area (Å²) in [4.78, 5) is 8.98. The first-order valence-electron chi connectivity index (χ1n) is 9.63. The zero-order valence-corrected chi connectivity index (χ0v) is 17.7. The summed E-state index contributed by atoms with van der Waals surface area (Å²) in [5.74, 6) is 0.645. The van der Waals surface area contributed by atoms with Crippen molar-refractivity contribution >= 4 is 18.2 Å². The quantitative estimate of drug-likeness (QED) is 0.489. The fourth-order valence-corrected chi connectivity index (χ4v) is 3.28. The van der Waals surface area contributed by atoms with Crippen LogP contribution in [0.2, 0.25) is 0 Å². The molecule has 1 aliphatic heterocycles. The number of fused-ring (bicyclic) bond motifs is 1. The third kappa shape index (κ3) is 3.63. The van der Waals surface area contributed by atoms with Gasteiger partial charge in [-0.2, -0.15) is 0 Å². The highest BCUT2D eigenvalue weighted by Gasteiger charge is 2.52. The van der Waals surface area contributed by atoms with E-state index < -0.39 is 18.3 Å². The van der Waals surface area contributed by atoms with Crippen LogP contribution >= 0.6 is 0 Å². The maximum Gasteiger partial charge on any atom is 0.498 e. The molecule has 7 nitrogen and oxygen atoms in total. The molecular formula is C21H26BN3O4. The minimum atomic E-state index is -0.521. The smallest absolute Gasteiger partial charge is 0.468 e. The van der Waals surface area contributed by atoms with E-state index in [-0.39, 0.29) is 6.79 Å². The molecule has 1 fully saturated rings. The van der Waals surface area contributed by atoms with Gasteiger partial charge in [-0.25, -0.2) is 4.98 Å². The molecular weight excluding hydrogens is 369 g/mol. The first kappa shape index (κ1) is 19.9. The Morgan fingerprint density at radius 2 is 1.83 bits per heavy atom. The van der Waals surface area contributed by atoms with Crippen molar-refractivity contribution in [1.29, 1.82) is 0 Å². The molecule has 1 aliphatic rings. The topological polar surface area (TPSA) is 67.1 Å². The van der Waals surface area contributed by atoms with Gasteiger partial charge >= 0.3 is 7.12 Å². The van der Waals surface area contributed by atoms with Gasteiger partial charge in [-0.15, -0.1) is 0 Å². The van der Waals surface area contributed by atoms with Gasteiger partial charge in [-0.05, 0) is 40.7 Å². The van der Waals surface area contributed by atoms with Crippen molar-refractivity contribution in [3.8, 4) is 17.0 Å². The molecule has 0 N–H and O–H groups in total. The fraction of sp³-hybridized carbons (Fsp3) is 0.429. The zero-order chi connectivity index (χ0) is 20.8. The summed E-state index contributed by atoms with van der Waals surface area (Å²) in [5, 5.41) is 0. The van der Waals surface area contributed by atoms with E-state index in [1.54, 1.807) is 13.3 Å². The molecule has 0 spiro atoms. The van der Waals surface area contributed by atoms with Gasteiger partial charge in [-0.3, -0.25) is 4.98 Å². The second-order valence-corrected chi connectivity index (χ2v) is 8.31. The predicted octanol–water partition coefficient (Wildman–Crippen LogP) is 2.99. The van der Waals surface area contributed by atoms with Crippen molar-refractivity contribution in [1.82, 2.24) is 14.4 Å². The summed E-state index contributed by atoms with van der Waals surface area (Å²) in [7, 11) is 1.07. The van der Waals surface area contributed by atoms with Crippen LogP contribution in [-0.4, -0.2) is 46.6 Å². The van der Waals surface area contributed by atoms with Gasteiger partial charge in [0.1, 0.15) is 5.75 Å². The van der Waals surface area contributed by atoms with Crippen LogP contribution in [-0.2, 0) is 14.0 Å². The predicted molar refractivity (Wildman–Crippen MR) is 111 cm³/mol. The molecule has 0 bridgehead atoms. The lowest BCUT2D eigenvalue weighted by molar-refractivity contribution is 0.00578. The summed E-state index contributed by atoms with van der Waals surface area (Å²) < 4.78 is 25.4. The van der Waals surface area contributed by atoms with E-state index in [0.717, 1.165) is 28.1 Å². The first-order chi connectivity index (χ1) is 13.7. The number of aromatic nitrogens is 3. The third-order valence-corrected chi connectivity index (χ3v) is 5.61. The Kier molecular flexibility index (Phi) is 4.89. The molecule has 0 aliphatic carbocycles. The van der Waals surface area contributed by atoms with Crippen molar-refractivity contribution < 1.29 is 18.8 Å². The molecule has 0 atom stereocenters. The van der Waals surface area contributed by atoms with Gasteiger partial charge < -0.3 is 23.2 Å². The first-order valence-corrected chi connectivity index (χ1v) is 9.63. The number of aryl methyl sites for hydroxylation is 1. The van der Waals surface area contributed by atoms with Gasteiger partial charge in [0.05, 0.1) is 28.8 Å². The minimum absolute atomic E-state index is 0.128. The van der Waals surface area contributed by atoms with Crippen molar-refractivity contribution in [3.63, 3.8) is 0 Å². The number of hydrogen-bond acceptors (Lipinski definition) is 6. The standard InChI is InChI=1S/C21H26BN3O4/c1-14-11-25-12-17(23-10-19(25)24-14)15-7-8-16(18(9-15)27-13-26-6)22-28-20(2,3)21(4,5)29-22/h7-12H,13H2,1-6H3. The zero-order valence-electron chi connectivity index (χ0n) is 17.7. The molecule has 4 rings (SSSR count). The fourth-order valence-electron chi connectivity index (χ4n) is 3.28. The molecule has 0 unspecified atom stereocenters. The second kappa shape index (κ2) is 7.13. The molecule has 2 aromatic heterocycles. The molecule has 0 radical (unpaired) electrons. The van der Waals surface area contributed by atoms with Crippen molar-refractivity contribution in [2.24, 2.45) is 0 Å². The largest absolute Gasteiger partial charge is 0.498 e. The van der Waals surface area contributed by atoms with Gasteiger partial charge in [0, 0.05) is 30.5 Å². The molecule has 29 heavy (non-hydrogen) atoms. The molecule has 8 heteroatoms. The van der Waals surface area contributed by atoms with Gasteiger partial charge in [0.15, 0.2) is 12.4 Å². The number of ether oxygens (including phenoxy) is 2. The van der Waals surface area contributed by atoms with Crippen LogP contribution in [0.1, 0.15) is 33.4 Å². The number of benzene rings is 1. The maximum absolute atomic E-state index is 6.21. The number of hydrogen-bond donors (Lipinski definition) is 0. The monoisotopic (exact) mass is 395 g/mol. The molecule has 0 amide bonds. The Bertz CT molecular complexity index is 1030. The van der Waals surface area contributed by atoms with Crippen LogP contribution < -0.4 is 10.2 Å². The minimum Gasteiger partial charge on any atom is -0.468 e. The lowest BCUT2D eigenvalue weighted by Crippen LogP contribution is -2.41. The van der Waals surface area contributed by atoms with Crippen LogP contribution in [0, 0.1) is 6.92 Å². The Labute approximate surface area is 171 Å². The highest BCUT2D eigenvalue weighted by molar-refractivity contribution is 6.63. The lowest BCUT2D eigenvalue weighted by Gasteiger charge is -2.32. The van der Waals surface area contributed by atoms with E-state index in [1.165, 1.54) is 0 Å². The molecule has 3 aromatic rings. The van der Waals surface area contributed by atoms with Crippen molar-refractivity contribution in [3.05, 3.63) is 42.5 Å².